The fraction of sp³-hybridized carbons (Fsp3) is 0.571. The molecule has 2 atom stereocenters. The molecule has 2 N–H and O–H groups in total. The van der Waals surface area contributed by atoms with Crippen molar-refractivity contribution >= 4 is 5.69 Å². The van der Waals surface area contributed by atoms with Crippen molar-refractivity contribution in [3.8, 4) is 11.9 Å². The molecule has 2 rings (SSSR count). The van der Waals surface area contributed by atoms with Gasteiger partial charge in [-0.15, -0.1) is 0 Å². The molecule has 18 heavy (non-hydrogen) atoms. The van der Waals surface area contributed by atoms with E-state index in [-0.39, 0.29) is 6.10 Å². The lowest BCUT2D eigenvalue weighted by molar-refractivity contribution is 0.0866. The Morgan fingerprint density at radius 1 is 1.50 bits per heavy atom. The Morgan fingerprint density at radius 2 is 2.28 bits per heavy atom. The number of aromatic nitrogens is 1. The van der Waals surface area contributed by atoms with Gasteiger partial charge in [-0.1, -0.05) is 13.3 Å². The third-order valence-electron chi connectivity index (χ3n) is 3.70. The molecule has 0 aliphatic heterocycles. The molecular weight excluding hydrogens is 226 g/mol. The van der Waals surface area contributed by atoms with Gasteiger partial charge in [-0.25, -0.2) is 4.98 Å². The maximum absolute atomic E-state index is 8.93. The van der Waals surface area contributed by atoms with E-state index >= 15 is 0 Å². The molecule has 1 heterocycles. The monoisotopic (exact) mass is 245 g/mol. The molecule has 0 saturated heterocycles. The molecular formula is C14H19N3O. The maximum atomic E-state index is 8.93. The van der Waals surface area contributed by atoms with Crippen LogP contribution in [-0.2, 0) is 0 Å². The smallest absolute Gasteiger partial charge is 0.238 e. The van der Waals surface area contributed by atoms with Crippen molar-refractivity contribution < 1.29 is 4.74 Å². The van der Waals surface area contributed by atoms with Gasteiger partial charge in [-0.05, 0) is 37.7 Å². The lowest BCUT2D eigenvalue weighted by Gasteiger charge is -2.31. The highest BCUT2D eigenvalue weighted by atomic mass is 16.5. The van der Waals surface area contributed by atoms with E-state index in [0.29, 0.717) is 23.0 Å². The van der Waals surface area contributed by atoms with Gasteiger partial charge >= 0.3 is 0 Å². The van der Waals surface area contributed by atoms with Crippen LogP contribution in [0.1, 0.15) is 44.6 Å². The van der Waals surface area contributed by atoms with Crippen LogP contribution in [0.5, 0.6) is 5.88 Å². The number of pyridine rings is 1. The van der Waals surface area contributed by atoms with Crippen LogP contribution < -0.4 is 10.5 Å². The van der Waals surface area contributed by atoms with Gasteiger partial charge in [0.15, 0.2) is 0 Å². The summed E-state index contributed by atoms with van der Waals surface area (Å²) >= 11 is 0. The van der Waals surface area contributed by atoms with Gasteiger partial charge in [0.1, 0.15) is 17.9 Å². The number of hydrogen-bond acceptors (Lipinski definition) is 4. The number of ether oxygens (including phenoxy) is 1. The lowest BCUT2D eigenvalue weighted by atomic mass is 9.85. The summed E-state index contributed by atoms with van der Waals surface area (Å²) < 4.78 is 5.94. The van der Waals surface area contributed by atoms with E-state index < -0.39 is 0 Å². The van der Waals surface area contributed by atoms with Crippen LogP contribution >= 0.6 is 0 Å². The van der Waals surface area contributed by atoms with Crippen LogP contribution in [-0.4, -0.2) is 11.1 Å². The van der Waals surface area contributed by atoms with Crippen LogP contribution in [0, 0.1) is 17.2 Å². The average molecular weight is 245 g/mol. The van der Waals surface area contributed by atoms with E-state index in [9.17, 15) is 0 Å². The SMILES string of the molecule is CCC1CCCCC1Oc1nccc(C#N)c1N. The molecule has 4 heteroatoms. The quantitative estimate of drug-likeness (QED) is 0.888. The van der Waals surface area contributed by atoms with Gasteiger partial charge in [-0.3, -0.25) is 0 Å². The molecule has 96 valence electrons. The highest BCUT2D eigenvalue weighted by Gasteiger charge is 2.26. The second kappa shape index (κ2) is 5.72. The van der Waals surface area contributed by atoms with Crippen molar-refractivity contribution in [2.75, 3.05) is 5.73 Å². The minimum atomic E-state index is 0.187. The van der Waals surface area contributed by atoms with E-state index in [1.54, 1.807) is 12.3 Å². The van der Waals surface area contributed by atoms with Crippen LogP contribution in [0.25, 0.3) is 0 Å². The molecule has 2 unspecified atom stereocenters. The zero-order valence-electron chi connectivity index (χ0n) is 10.7. The molecule has 1 saturated carbocycles. The second-order valence-corrected chi connectivity index (χ2v) is 4.80. The van der Waals surface area contributed by atoms with Gasteiger partial charge in [0.2, 0.25) is 5.88 Å². The number of nitrogen functional groups attached to an aromatic ring is 1. The molecule has 0 spiro atoms. The highest BCUT2D eigenvalue weighted by Crippen LogP contribution is 2.32. The molecule has 0 amide bonds. The Balaban J connectivity index is 2.15. The first-order valence-corrected chi connectivity index (χ1v) is 6.57. The lowest BCUT2D eigenvalue weighted by Crippen LogP contribution is -2.30. The van der Waals surface area contributed by atoms with Gasteiger partial charge in [0.05, 0.1) is 5.56 Å². The number of nitrogens with zero attached hydrogens (tertiary/aromatic N) is 2. The van der Waals surface area contributed by atoms with Crippen LogP contribution in [0.4, 0.5) is 5.69 Å². The number of hydrogen-bond donors (Lipinski definition) is 1. The largest absolute Gasteiger partial charge is 0.473 e. The molecule has 1 fully saturated rings. The van der Waals surface area contributed by atoms with E-state index in [2.05, 4.69) is 18.0 Å². The number of nitrogens with two attached hydrogens (primary N) is 1. The summed E-state index contributed by atoms with van der Waals surface area (Å²) in [5.74, 6) is 0.991. The van der Waals surface area contributed by atoms with Gasteiger partial charge in [-0.2, -0.15) is 5.26 Å². The van der Waals surface area contributed by atoms with E-state index in [1.807, 2.05) is 0 Å². The zero-order chi connectivity index (χ0) is 13.0. The fourth-order valence-electron chi connectivity index (χ4n) is 2.58. The topological polar surface area (TPSA) is 71.9 Å². The first-order valence-electron chi connectivity index (χ1n) is 6.57. The maximum Gasteiger partial charge on any atom is 0.238 e. The van der Waals surface area contributed by atoms with Crippen LogP contribution in [0.15, 0.2) is 12.3 Å². The molecule has 4 nitrogen and oxygen atoms in total. The van der Waals surface area contributed by atoms with E-state index in [1.165, 1.54) is 19.3 Å². The Morgan fingerprint density at radius 3 is 3.00 bits per heavy atom. The van der Waals surface area contributed by atoms with E-state index in [4.69, 9.17) is 15.7 Å². The molecule has 1 aromatic heterocycles. The molecule has 1 aromatic rings. The summed E-state index contributed by atoms with van der Waals surface area (Å²) in [6, 6.07) is 3.66. The molecule has 0 aromatic carbocycles. The first-order chi connectivity index (χ1) is 8.76. The molecule has 1 aliphatic rings. The average Bonchev–Trinajstić information content (AvgIpc) is 2.42. The summed E-state index contributed by atoms with van der Waals surface area (Å²) in [4.78, 5) is 4.15. The highest BCUT2D eigenvalue weighted by molar-refractivity contribution is 5.59. The van der Waals surface area contributed by atoms with Gasteiger partial charge in [0.25, 0.3) is 0 Å². The summed E-state index contributed by atoms with van der Waals surface area (Å²) in [6.07, 6.45) is 7.61. The zero-order valence-corrected chi connectivity index (χ0v) is 10.7. The van der Waals surface area contributed by atoms with Crippen LogP contribution in [0.2, 0.25) is 0 Å². The van der Waals surface area contributed by atoms with Crippen LogP contribution in [0.3, 0.4) is 0 Å². The Bertz CT molecular complexity index is 453. The summed E-state index contributed by atoms with van der Waals surface area (Å²) in [6.45, 7) is 2.19. The normalized spacial score (nSPS) is 23.3. The third-order valence-corrected chi connectivity index (χ3v) is 3.70. The third kappa shape index (κ3) is 2.56. The van der Waals surface area contributed by atoms with Gasteiger partial charge in [0, 0.05) is 6.20 Å². The standard InChI is InChI=1S/C14H19N3O/c1-2-10-5-3-4-6-12(10)18-14-13(16)11(9-15)7-8-17-14/h7-8,10,12H,2-6,16H2,1H3. The first kappa shape index (κ1) is 12.7. The summed E-state index contributed by atoms with van der Waals surface area (Å²) in [7, 11) is 0. The minimum Gasteiger partial charge on any atom is -0.473 e. The van der Waals surface area contributed by atoms with Crippen molar-refractivity contribution in [3.63, 3.8) is 0 Å². The minimum absolute atomic E-state index is 0.187. The Labute approximate surface area is 108 Å². The summed E-state index contributed by atoms with van der Waals surface area (Å²) in [5.41, 5.74) is 6.68. The van der Waals surface area contributed by atoms with Gasteiger partial charge < -0.3 is 10.5 Å². The number of rotatable bonds is 3. The fourth-order valence-corrected chi connectivity index (χ4v) is 2.58. The predicted octanol–water partition coefficient (Wildman–Crippen LogP) is 2.88. The number of nitriles is 1. The Kier molecular flexibility index (Phi) is 4.03. The van der Waals surface area contributed by atoms with E-state index in [0.717, 1.165) is 12.8 Å². The number of anilines is 1. The second-order valence-electron chi connectivity index (χ2n) is 4.80. The Hall–Kier alpha value is -1.76. The molecule has 1 aliphatic carbocycles. The predicted molar refractivity (Wildman–Crippen MR) is 70.0 cm³/mol. The summed E-state index contributed by atoms with van der Waals surface area (Å²) in [5, 5.41) is 8.93. The van der Waals surface area contributed by atoms with Crippen molar-refractivity contribution in [2.24, 2.45) is 5.92 Å². The molecule has 0 bridgehead atoms. The van der Waals surface area contributed by atoms with Crippen molar-refractivity contribution in [3.05, 3.63) is 17.8 Å². The molecule has 0 radical (unpaired) electrons. The van der Waals surface area contributed by atoms with Crippen molar-refractivity contribution in [1.29, 1.82) is 5.26 Å². The van der Waals surface area contributed by atoms with Crippen molar-refractivity contribution in [2.45, 2.75) is 45.1 Å². The van der Waals surface area contributed by atoms with Crippen molar-refractivity contribution in [1.82, 2.24) is 4.98 Å².